The van der Waals surface area contributed by atoms with Gasteiger partial charge in [-0.05, 0) is 92.1 Å². The lowest BCUT2D eigenvalue weighted by Gasteiger charge is -2.22. The van der Waals surface area contributed by atoms with E-state index in [1.54, 1.807) is 0 Å². The first kappa shape index (κ1) is 33.4. The van der Waals surface area contributed by atoms with E-state index in [9.17, 15) is 5.11 Å². The van der Waals surface area contributed by atoms with Gasteiger partial charge in [0, 0.05) is 19.1 Å². The number of nitrogens with two attached hydrogens (primary N) is 2. The van der Waals surface area contributed by atoms with Gasteiger partial charge in [0.05, 0.1) is 25.9 Å². The lowest BCUT2D eigenvalue weighted by molar-refractivity contribution is 0.116. The van der Waals surface area contributed by atoms with Crippen LogP contribution in [-0.2, 0) is 11.3 Å². The van der Waals surface area contributed by atoms with E-state index in [1.165, 1.54) is 5.56 Å². The number of hydrogen-bond acceptors (Lipinski definition) is 7. The van der Waals surface area contributed by atoms with E-state index in [1.807, 2.05) is 60.7 Å². The minimum Gasteiger partial charge on any atom is -0.494 e. The van der Waals surface area contributed by atoms with Crippen molar-refractivity contribution < 1.29 is 24.1 Å². The zero-order valence-electron chi connectivity index (χ0n) is 25.4. The molecule has 2 atom stereocenters. The Hall–Kier alpha value is -3.10. The molecule has 0 fully saturated rings. The van der Waals surface area contributed by atoms with Crippen molar-refractivity contribution in [3.63, 3.8) is 0 Å². The maximum absolute atomic E-state index is 10.7. The Kier molecular flexibility index (Phi) is 15.2. The molecule has 0 aliphatic heterocycles. The number of unbranched alkanes of at least 4 members (excludes halogenated alkanes) is 2. The number of aliphatic hydroxyl groups excluding tert-OH is 1. The second-order valence-electron chi connectivity index (χ2n) is 11.1. The van der Waals surface area contributed by atoms with E-state index in [-0.39, 0.29) is 6.10 Å². The molecule has 7 heteroatoms. The first-order valence-electron chi connectivity index (χ1n) is 15.4. The largest absolute Gasteiger partial charge is 0.494 e. The van der Waals surface area contributed by atoms with E-state index < -0.39 is 6.10 Å². The highest BCUT2D eigenvalue weighted by molar-refractivity contribution is 5.40. The standard InChI is InChI=1S/C35H50N2O5/c1-27(2)16-21-41-31-13-9-12-29(22-31)35(15-18-37)42-33-24-30(34(38)14-17-36)23-32(25-33)40-20-8-4-7-19-39-26-28-10-5-3-6-11-28/h3,5-6,9-13,22-25,27,34-35,38H,4,7-8,14-21,26,36-37H2,1-2H3. The molecule has 0 amide bonds. The van der Waals surface area contributed by atoms with Crippen molar-refractivity contribution in [2.45, 2.75) is 71.2 Å². The predicted molar refractivity (Wildman–Crippen MR) is 169 cm³/mol. The fourth-order valence-corrected chi connectivity index (χ4v) is 4.53. The van der Waals surface area contributed by atoms with Gasteiger partial charge in [0.1, 0.15) is 23.4 Å². The highest BCUT2D eigenvalue weighted by Gasteiger charge is 2.17. The smallest absolute Gasteiger partial charge is 0.125 e. The summed E-state index contributed by atoms with van der Waals surface area (Å²) < 4.78 is 24.4. The van der Waals surface area contributed by atoms with Crippen molar-refractivity contribution in [2.75, 3.05) is 32.9 Å². The molecular weight excluding hydrogens is 528 g/mol. The minimum atomic E-state index is -0.701. The quantitative estimate of drug-likeness (QED) is 0.120. The van der Waals surface area contributed by atoms with Crippen molar-refractivity contribution >= 4 is 0 Å². The number of rotatable bonds is 21. The predicted octanol–water partition coefficient (Wildman–Crippen LogP) is 6.73. The van der Waals surface area contributed by atoms with Crippen LogP contribution in [-0.4, -0.2) is 38.0 Å². The summed E-state index contributed by atoms with van der Waals surface area (Å²) in [7, 11) is 0. The molecule has 3 aromatic carbocycles. The third kappa shape index (κ3) is 12.4. The summed E-state index contributed by atoms with van der Waals surface area (Å²) in [6.07, 6.45) is 3.99. The van der Waals surface area contributed by atoms with Crippen LogP contribution in [0.1, 0.15) is 81.3 Å². The van der Waals surface area contributed by atoms with Crippen molar-refractivity contribution in [2.24, 2.45) is 17.4 Å². The summed E-state index contributed by atoms with van der Waals surface area (Å²) in [6.45, 7) is 7.82. The second-order valence-corrected chi connectivity index (χ2v) is 11.1. The van der Waals surface area contributed by atoms with Crippen LogP contribution in [0.4, 0.5) is 0 Å². The van der Waals surface area contributed by atoms with Crippen LogP contribution >= 0.6 is 0 Å². The van der Waals surface area contributed by atoms with Crippen LogP contribution in [0.5, 0.6) is 17.2 Å². The SMILES string of the molecule is CC(C)CCOc1cccc(C(CCN)Oc2cc(OCCCCCOCc3ccccc3)cc(C(O)CCN)c2)c1. The molecule has 0 heterocycles. The van der Waals surface area contributed by atoms with Crippen molar-refractivity contribution in [3.05, 3.63) is 89.5 Å². The summed E-state index contributed by atoms with van der Waals surface area (Å²) in [5.74, 6) is 2.69. The van der Waals surface area contributed by atoms with E-state index in [4.69, 9.17) is 30.4 Å². The van der Waals surface area contributed by atoms with Gasteiger partial charge in [0.25, 0.3) is 0 Å². The monoisotopic (exact) mass is 578 g/mol. The second kappa shape index (κ2) is 19.2. The van der Waals surface area contributed by atoms with Crippen LogP contribution in [0.15, 0.2) is 72.8 Å². The van der Waals surface area contributed by atoms with Gasteiger partial charge in [0.15, 0.2) is 0 Å². The first-order chi connectivity index (χ1) is 20.5. The molecule has 0 aliphatic carbocycles. The van der Waals surface area contributed by atoms with Crippen molar-refractivity contribution in [3.8, 4) is 17.2 Å². The van der Waals surface area contributed by atoms with Crippen molar-refractivity contribution in [1.29, 1.82) is 0 Å². The molecule has 0 aliphatic rings. The van der Waals surface area contributed by atoms with Crippen LogP contribution in [0, 0.1) is 5.92 Å². The fraction of sp³-hybridized carbons (Fsp3) is 0.486. The summed E-state index contributed by atoms with van der Waals surface area (Å²) in [5, 5.41) is 10.7. The minimum absolute atomic E-state index is 0.269. The van der Waals surface area contributed by atoms with E-state index >= 15 is 0 Å². The maximum Gasteiger partial charge on any atom is 0.125 e. The molecule has 0 saturated heterocycles. The zero-order valence-corrected chi connectivity index (χ0v) is 25.4. The van der Waals surface area contributed by atoms with E-state index in [0.29, 0.717) is 63.2 Å². The summed E-state index contributed by atoms with van der Waals surface area (Å²) >= 11 is 0. The van der Waals surface area contributed by atoms with Crippen LogP contribution in [0.25, 0.3) is 0 Å². The Morgan fingerprint density at radius 2 is 1.38 bits per heavy atom. The molecule has 0 aromatic heterocycles. The zero-order chi connectivity index (χ0) is 30.0. The third-order valence-corrected chi connectivity index (χ3v) is 6.94. The summed E-state index contributed by atoms with van der Waals surface area (Å²) in [6, 6.07) is 23.8. The average molecular weight is 579 g/mol. The van der Waals surface area contributed by atoms with Crippen molar-refractivity contribution in [1.82, 2.24) is 0 Å². The van der Waals surface area contributed by atoms with Gasteiger partial charge >= 0.3 is 0 Å². The molecule has 5 N–H and O–H groups in total. The van der Waals surface area contributed by atoms with Gasteiger partial charge < -0.3 is 35.5 Å². The number of hydrogen-bond donors (Lipinski definition) is 3. The average Bonchev–Trinajstić information content (AvgIpc) is 2.99. The lowest BCUT2D eigenvalue weighted by atomic mass is 10.0. The molecular formula is C35H50N2O5. The molecule has 3 rings (SSSR count). The van der Waals surface area contributed by atoms with Crippen LogP contribution < -0.4 is 25.7 Å². The highest BCUT2D eigenvalue weighted by atomic mass is 16.5. The van der Waals surface area contributed by atoms with Crippen LogP contribution in [0.3, 0.4) is 0 Å². The van der Waals surface area contributed by atoms with Gasteiger partial charge in [-0.15, -0.1) is 0 Å². The number of benzene rings is 3. The third-order valence-electron chi connectivity index (χ3n) is 6.94. The normalized spacial score (nSPS) is 12.7. The van der Waals surface area contributed by atoms with Gasteiger partial charge in [-0.3, -0.25) is 0 Å². The molecule has 0 spiro atoms. The lowest BCUT2D eigenvalue weighted by Crippen LogP contribution is -2.14. The molecule has 230 valence electrons. The molecule has 2 unspecified atom stereocenters. The van der Waals surface area contributed by atoms with E-state index in [2.05, 4.69) is 26.0 Å². The summed E-state index contributed by atoms with van der Waals surface area (Å²) in [5.41, 5.74) is 14.6. The Morgan fingerprint density at radius 1 is 0.667 bits per heavy atom. The van der Waals surface area contributed by atoms with Gasteiger partial charge in [-0.1, -0.05) is 56.3 Å². The first-order valence-corrected chi connectivity index (χ1v) is 15.4. The molecule has 0 saturated carbocycles. The fourth-order valence-electron chi connectivity index (χ4n) is 4.53. The summed E-state index contributed by atoms with van der Waals surface area (Å²) in [4.78, 5) is 0. The van der Waals surface area contributed by atoms with E-state index in [0.717, 1.165) is 49.2 Å². The molecule has 3 aromatic rings. The Balaban J connectivity index is 1.59. The highest BCUT2D eigenvalue weighted by Crippen LogP contribution is 2.33. The maximum atomic E-state index is 10.7. The number of ether oxygens (including phenoxy) is 4. The topological polar surface area (TPSA) is 109 Å². The van der Waals surface area contributed by atoms with Gasteiger partial charge in [0.2, 0.25) is 0 Å². The Morgan fingerprint density at radius 3 is 2.14 bits per heavy atom. The molecule has 0 bridgehead atoms. The Labute approximate surface area is 252 Å². The van der Waals surface area contributed by atoms with Gasteiger partial charge in [-0.2, -0.15) is 0 Å². The molecule has 7 nitrogen and oxygen atoms in total. The van der Waals surface area contributed by atoms with Crippen LogP contribution in [0.2, 0.25) is 0 Å². The number of aliphatic hydroxyl groups is 1. The Bertz CT molecular complexity index is 1140. The molecule has 0 radical (unpaired) electrons. The van der Waals surface area contributed by atoms with Gasteiger partial charge in [-0.25, -0.2) is 0 Å². The molecule has 42 heavy (non-hydrogen) atoms.